The van der Waals surface area contributed by atoms with Gasteiger partial charge in [-0.1, -0.05) is 29.8 Å². The van der Waals surface area contributed by atoms with Gasteiger partial charge in [0.25, 0.3) is 0 Å². The summed E-state index contributed by atoms with van der Waals surface area (Å²) in [6.07, 6.45) is 0. The molecule has 0 N–H and O–H groups in total. The van der Waals surface area contributed by atoms with E-state index in [9.17, 15) is 4.55 Å². The third-order valence-electron chi connectivity index (χ3n) is 3.48. The van der Waals surface area contributed by atoms with Crippen molar-refractivity contribution in [2.45, 2.75) is 18.4 Å². The zero-order valence-corrected chi connectivity index (χ0v) is 12.8. The second kappa shape index (κ2) is 5.20. The van der Waals surface area contributed by atoms with Crippen LogP contribution in [-0.4, -0.2) is 11.7 Å². The quantitative estimate of drug-likeness (QED) is 0.794. The summed E-state index contributed by atoms with van der Waals surface area (Å²) in [7, 11) is 1.61. The van der Waals surface area contributed by atoms with Crippen molar-refractivity contribution in [1.82, 2.24) is 0 Å². The van der Waals surface area contributed by atoms with E-state index in [0.29, 0.717) is 11.6 Å². The van der Waals surface area contributed by atoms with Gasteiger partial charge in [0, 0.05) is 11.1 Å². The summed E-state index contributed by atoms with van der Waals surface area (Å²) in [5, 5.41) is 0.588. The second-order valence-electron chi connectivity index (χ2n) is 4.62. The molecule has 1 aliphatic rings. The molecule has 0 aliphatic carbocycles. The lowest BCUT2D eigenvalue weighted by Gasteiger charge is -2.21. The van der Waals surface area contributed by atoms with E-state index in [0.717, 1.165) is 27.5 Å². The number of ether oxygens (including phenoxy) is 1. The molecule has 1 heterocycles. The van der Waals surface area contributed by atoms with Crippen LogP contribution < -0.4 is 9.04 Å². The summed E-state index contributed by atoms with van der Waals surface area (Å²) >= 11 is 5.20. The highest BCUT2D eigenvalue weighted by Gasteiger charge is 2.35. The van der Waals surface area contributed by atoms with E-state index in [4.69, 9.17) is 16.3 Å². The molecule has 0 saturated carbocycles. The van der Waals surface area contributed by atoms with Crippen molar-refractivity contribution >= 4 is 28.7 Å². The third-order valence-corrected chi connectivity index (χ3v) is 5.46. The summed E-state index contributed by atoms with van der Waals surface area (Å²) in [6, 6.07) is 11.5. The molecule has 2 aromatic rings. The highest BCUT2D eigenvalue weighted by molar-refractivity contribution is 7.93. The fourth-order valence-electron chi connectivity index (χ4n) is 2.38. The molecule has 0 bridgehead atoms. The monoisotopic (exact) mass is 307 g/mol. The molecular weight excluding hydrogens is 294 g/mol. The van der Waals surface area contributed by atoms with E-state index >= 15 is 0 Å². The van der Waals surface area contributed by atoms with Gasteiger partial charge in [-0.05, 0) is 25.1 Å². The van der Waals surface area contributed by atoms with Crippen LogP contribution in [0, 0.1) is 6.92 Å². The van der Waals surface area contributed by atoms with E-state index in [1.807, 2.05) is 47.6 Å². The minimum atomic E-state index is -1.21. The maximum atomic E-state index is 12.6. The number of hydrogen-bond acceptors (Lipinski definition) is 3. The highest BCUT2D eigenvalue weighted by atomic mass is 35.5. The summed E-state index contributed by atoms with van der Waals surface area (Å²) < 4.78 is 19.6. The first-order valence-corrected chi connectivity index (χ1v) is 7.72. The average molecular weight is 308 g/mol. The van der Waals surface area contributed by atoms with Crippen molar-refractivity contribution in [3.63, 3.8) is 0 Å². The fraction of sp³-hybridized carbons (Fsp3) is 0.200. The molecule has 0 saturated heterocycles. The normalized spacial score (nSPS) is 17.2. The van der Waals surface area contributed by atoms with Crippen LogP contribution in [0.5, 0.6) is 5.75 Å². The van der Waals surface area contributed by atoms with Gasteiger partial charge in [-0.15, -0.1) is 0 Å². The number of benzene rings is 2. The standard InChI is InChI=1S/C15H14ClNO2S/c1-10-13(19-2)8-7-12(15(10)16)17-9-11-5-3-4-6-14(11)20(17)18/h3-8H,9H2,1-2H3. The Kier molecular flexibility index (Phi) is 3.54. The molecule has 0 fully saturated rings. The van der Waals surface area contributed by atoms with Crippen LogP contribution in [0.25, 0.3) is 0 Å². The Morgan fingerprint density at radius 1 is 1.25 bits per heavy atom. The van der Waals surface area contributed by atoms with Crippen LogP contribution in [-0.2, 0) is 17.9 Å². The second-order valence-corrected chi connectivity index (χ2v) is 6.38. The SMILES string of the molecule is COc1ccc(N2Cc3ccccc3[S+]2[O-])c(Cl)c1C. The van der Waals surface area contributed by atoms with Crippen LogP contribution in [0.2, 0.25) is 5.02 Å². The van der Waals surface area contributed by atoms with Gasteiger partial charge < -0.3 is 9.29 Å². The van der Waals surface area contributed by atoms with Crippen molar-refractivity contribution in [3.05, 3.63) is 52.5 Å². The van der Waals surface area contributed by atoms with E-state index in [-0.39, 0.29) is 0 Å². The minimum absolute atomic E-state index is 0.588. The Bertz CT molecular complexity index is 662. The highest BCUT2D eigenvalue weighted by Crippen LogP contribution is 2.41. The number of fused-ring (bicyclic) bond motifs is 1. The van der Waals surface area contributed by atoms with Crippen LogP contribution in [0.15, 0.2) is 41.3 Å². The van der Waals surface area contributed by atoms with E-state index in [1.54, 1.807) is 7.11 Å². The van der Waals surface area contributed by atoms with Crippen molar-refractivity contribution in [2.75, 3.05) is 11.4 Å². The first-order chi connectivity index (χ1) is 9.63. The molecule has 1 unspecified atom stereocenters. The van der Waals surface area contributed by atoms with Gasteiger partial charge in [0.2, 0.25) is 0 Å². The summed E-state index contributed by atoms with van der Waals surface area (Å²) in [4.78, 5) is 0.858. The lowest BCUT2D eigenvalue weighted by molar-refractivity contribution is 0.412. The van der Waals surface area contributed by atoms with E-state index in [1.165, 1.54) is 0 Å². The summed E-state index contributed by atoms with van der Waals surface area (Å²) in [5.74, 6) is 0.737. The Hall–Kier alpha value is -1.36. The molecular formula is C15H14ClNO2S. The van der Waals surface area contributed by atoms with E-state index in [2.05, 4.69) is 0 Å². The van der Waals surface area contributed by atoms with Crippen LogP contribution in [0.1, 0.15) is 11.1 Å². The molecule has 1 atom stereocenters. The van der Waals surface area contributed by atoms with Crippen molar-refractivity contribution in [2.24, 2.45) is 0 Å². The Labute approximate surface area is 126 Å². The van der Waals surface area contributed by atoms with Gasteiger partial charge in [0.15, 0.2) is 4.90 Å². The maximum Gasteiger partial charge on any atom is 0.185 e. The van der Waals surface area contributed by atoms with Gasteiger partial charge in [0.1, 0.15) is 22.8 Å². The molecule has 104 valence electrons. The number of methoxy groups -OCH3 is 1. The number of rotatable bonds is 2. The largest absolute Gasteiger partial charge is 0.588 e. The van der Waals surface area contributed by atoms with Crippen molar-refractivity contribution in [3.8, 4) is 5.75 Å². The minimum Gasteiger partial charge on any atom is -0.588 e. The third kappa shape index (κ3) is 2.04. The predicted molar refractivity (Wildman–Crippen MR) is 81.8 cm³/mol. The Balaban J connectivity index is 2.02. The molecule has 0 amide bonds. The summed E-state index contributed by atoms with van der Waals surface area (Å²) in [6.45, 7) is 2.51. The first kappa shape index (κ1) is 13.6. The van der Waals surface area contributed by atoms with E-state index < -0.39 is 11.4 Å². The molecule has 3 rings (SSSR count). The average Bonchev–Trinajstić information content (AvgIpc) is 2.80. The van der Waals surface area contributed by atoms with Crippen LogP contribution in [0.3, 0.4) is 0 Å². The zero-order chi connectivity index (χ0) is 14.3. The molecule has 1 aliphatic heterocycles. The molecule has 0 aromatic heterocycles. The van der Waals surface area contributed by atoms with Crippen LogP contribution in [0.4, 0.5) is 5.69 Å². The number of halogens is 1. The Morgan fingerprint density at radius 3 is 2.70 bits per heavy atom. The van der Waals surface area contributed by atoms with Gasteiger partial charge in [-0.3, -0.25) is 0 Å². The lowest BCUT2D eigenvalue weighted by atomic mass is 10.2. The Morgan fingerprint density at radius 2 is 2.00 bits per heavy atom. The van der Waals surface area contributed by atoms with Gasteiger partial charge >= 0.3 is 0 Å². The topological polar surface area (TPSA) is 35.5 Å². The van der Waals surface area contributed by atoms with Gasteiger partial charge in [-0.25, -0.2) is 0 Å². The molecule has 0 spiro atoms. The summed E-state index contributed by atoms with van der Waals surface area (Å²) in [5.41, 5.74) is 2.72. The van der Waals surface area contributed by atoms with Crippen molar-refractivity contribution < 1.29 is 9.29 Å². The number of hydrogen-bond donors (Lipinski definition) is 0. The maximum absolute atomic E-state index is 12.6. The van der Waals surface area contributed by atoms with Gasteiger partial charge in [-0.2, -0.15) is 4.31 Å². The number of nitrogens with zero attached hydrogens (tertiary/aromatic N) is 1. The van der Waals surface area contributed by atoms with Crippen LogP contribution >= 0.6 is 11.6 Å². The fourth-order valence-corrected chi connectivity index (χ4v) is 4.06. The molecule has 3 nitrogen and oxygen atoms in total. The van der Waals surface area contributed by atoms with Crippen molar-refractivity contribution in [1.29, 1.82) is 0 Å². The molecule has 2 aromatic carbocycles. The predicted octanol–water partition coefficient (Wildman–Crippen LogP) is 3.70. The van der Waals surface area contributed by atoms with Gasteiger partial charge in [0.05, 0.1) is 18.7 Å². The molecule has 0 radical (unpaired) electrons. The molecule has 5 heteroatoms. The number of anilines is 1. The lowest BCUT2D eigenvalue weighted by Crippen LogP contribution is -2.24. The first-order valence-electron chi connectivity index (χ1n) is 6.24. The zero-order valence-electron chi connectivity index (χ0n) is 11.2. The smallest absolute Gasteiger partial charge is 0.185 e. The molecule has 20 heavy (non-hydrogen) atoms.